The van der Waals surface area contributed by atoms with Gasteiger partial charge in [0.2, 0.25) is 23.6 Å². The number of hydrogen-bond acceptors (Lipinski definition) is 6. The van der Waals surface area contributed by atoms with Crippen molar-refractivity contribution < 1.29 is 19.2 Å². The van der Waals surface area contributed by atoms with Gasteiger partial charge < -0.3 is 10.6 Å². The zero-order valence-electron chi connectivity index (χ0n) is 26.5. The number of amides is 4. The Hall–Kier alpha value is -4.34. The van der Waals surface area contributed by atoms with Crippen molar-refractivity contribution in [1.29, 1.82) is 0 Å². The molecule has 240 valence electrons. The minimum absolute atomic E-state index is 0.0592. The molecule has 2 aliphatic rings. The third kappa shape index (κ3) is 11.0. The van der Waals surface area contributed by atoms with E-state index in [2.05, 4.69) is 31.7 Å². The number of hydrogen-bond donors (Lipinski definition) is 4. The van der Waals surface area contributed by atoms with E-state index in [0.29, 0.717) is 29.2 Å². The number of carbonyl (C=O) groups is 4. The van der Waals surface area contributed by atoms with Gasteiger partial charge in [0, 0.05) is 36.1 Å². The zero-order chi connectivity index (χ0) is 32.0. The molecule has 4 amide bonds. The van der Waals surface area contributed by atoms with Crippen molar-refractivity contribution in [1.82, 2.24) is 10.9 Å². The van der Waals surface area contributed by atoms with E-state index >= 15 is 0 Å². The highest BCUT2D eigenvalue weighted by Crippen LogP contribution is 2.26. The highest BCUT2D eigenvalue weighted by Gasteiger charge is 2.22. The topological polar surface area (TPSA) is 141 Å². The standard InChI is InChI=1S/C35H46N6O4/c1-24(28-16-9-18-30(22-28)36-34(44)26-12-5-3-6-13-26)38-40-32(42)20-11-21-33(43)41-39-25(2)29-17-10-19-31(23-29)37-35(45)27-14-7-4-8-15-27/h9-10,16-19,22-23,26-27H,3-8,11-15,20-21H2,1-2H3,(H,36,44)(H,37,45)(H,40,42)(H,41,43)/b38-24+,39-25+. The lowest BCUT2D eigenvalue weighted by molar-refractivity contribution is -0.123. The van der Waals surface area contributed by atoms with Crippen molar-refractivity contribution in [2.24, 2.45) is 22.0 Å². The summed E-state index contributed by atoms with van der Waals surface area (Å²) < 4.78 is 0. The second-order valence-electron chi connectivity index (χ2n) is 12.1. The van der Waals surface area contributed by atoms with Crippen LogP contribution in [0.25, 0.3) is 0 Å². The average molecular weight is 615 g/mol. The summed E-state index contributed by atoms with van der Waals surface area (Å²) in [5.41, 5.74) is 9.32. The lowest BCUT2D eigenvalue weighted by atomic mass is 9.88. The first-order chi connectivity index (χ1) is 21.8. The van der Waals surface area contributed by atoms with Crippen molar-refractivity contribution in [2.45, 2.75) is 97.3 Å². The fourth-order valence-electron chi connectivity index (χ4n) is 5.81. The predicted molar refractivity (Wildman–Crippen MR) is 178 cm³/mol. The van der Waals surface area contributed by atoms with E-state index < -0.39 is 0 Å². The molecule has 2 aromatic carbocycles. The van der Waals surface area contributed by atoms with Gasteiger partial charge in [-0.05, 0) is 81.3 Å². The molecule has 0 saturated heterocycles. The van der Waals surface area contributed by atoms with Gasteiger partial charge in [-0.1, -0.05) is 62.8 Å². The van der Waals surface area contributed by atoms with Crippen LogP contribution >= 0.6 is 0 Å². The second-order valence-corrected chi connectivity index (χ2v) is 12.1. The zero-order valence-corrected chi connectivity index (χ0v) is 26.5. The summed E-state index contributed by atoms with van der Waals surface area (Å²) in [6, 6.07) is 14.8. The summed E-state index contributed by atoms with van der Waals surface area (Å²) in [4.78, 5) is 49.9. The van der Waals surface area contributed by atoms with E-state index in [1.54, 1.807) is 13.8 Å². The predicted octanol–water partition coefficient (Wildman–Crippen LogP) is 6.28. The number of nitrogens with one attached hydrogen (secondary N) is 4. The average Bonchev–Trinajstić information content (AvgIpc) is 3.07. The van der Waals surface area contributed by atoms with Gasteiger partial charge in [-0.3, -0.25) is 19.2 Å². The highest BCUT2D eigenvalue weighted by atomic mass is 16.2. The maximum Gasteiger partial charge on any atom is 0.240 e. The fourth-order valence-corrected chi connectivity index (χ4v) is 5.81. The number of benzene rings is 2. The Labute approximate surface area is 265 Å². The Balaban J connectivity index is 1.17. The summed E-state index contributed by atoms with van der Waals surface area (Å²) >= 11 is 0. The van der Waals surface area contributed by atoms with Gasteiger partial charge in [-0.25, -0.2) is 10.9 Å². The number of anilines is 2. The molecule has 4 rings (SSSR count). The van der Waals surface area contributed by atoms with Crippen LogP contribution in [0.2, 0.25) is 0 Å². The Morgan fingerprint density at radius 2 is 1.02 bits per heavy atom. The van der Waals surface area contributed by atoms with Gasteiger partial charge in [0.25, 0.3) is 0 Å². The Morgan fingerprint density at radius 1 is 0.622 bits per heavy atom. The van der Waals surface area contributed by atoms with Crippen LogP contribution in [0.5, 0.6) is 0 Å². The molecule has 4 N–H and O–H groups in total. The van der Waals surface area contributed by atoms with Crippen LogP contribution in [0.15, 0.2) is 58.7 Å². The third-order valence-corrected chi connectivity index (χ3v) is 8.55. The maximum atomic E-state index is 12.6. The Kier molecular flexibility index (Phi) is 12.8. The van der Waals surface area contributed by atoms with E-state index in [1.807, 2.05) is 48.5 Å². The quantitative estimate of drug-likeness (QED) is 0.165. The molecule has 0 spiro atoms. The smallest absolute Gasteiger partial charge is 0.240 e. The Morgan fingerprint density at radius 3 is 1.42 bits per heavy atom. The minimum atomic E-state index is -0.296. The molecule has 2 aromatic rings. The van der Waals surface area contributed by atoms with Crippen LogP contribution < -0.4 is 21.5 Å². The van der Waals surface area contributed by atoms with E-state index in [0.717, 1.165) is 62.5 Å². The monoisotopic (exact) mass is 614 g/mol. The first-order valence-electron chi connectivity index (χ1n) is 16.3. The van der Waals surface area contributed by atoms with E-state index in [4.69, 9.17) is 0 Å². The summed E-state index contributed by atoms with van der Waals surface area (Å²) in [6.07, 6.45) is 11.1. The molecule has 2 saturated carbocycles. The van der Waals surface area contributed by atoms with E-state index in [1.165, 1.54) is 12.8 Å². The molecule has 2 aliphatic carbocycles. The summed E-state index contributed by atoms with van der Waals surface area (Å²) in [6.45, 7) is 3.58. The molecule has 45 heavy (non-hydrogen) atoms. The summed E-state index contributed by atoms with van der Waals surface area (Å²) in [7, 11) is 0. The van der Waals surface area contributed by atoms with Crippen LogP contribution in [-0.2, 0) is 19.2 Å². The molecule has 0 aromatic heterocycles. The fraction of sp³-hybridized carbons (Fsp3) is 0.486. The molecule has 2 fully saturated rings. The van der Waals surface area contributed by atoms with Crippen molar-refractivity contribution >= 4 is 46.4 Å². The molecular formula is C35H46N6O4. The van der Waals surface area contributed by atoms with E-state index in [-0.39, 0.29) is 48.3 Å². The molecular weight excluding hydrogens is 568 g/mol. The molecule has 0 unspecified atom stereocenters. The van der Waals surface area contributed by atoms with Crippen LogP contribution in [0.1, 0.15) is 108 Å². The van der Waals surface area contributed by atoms with Gasteiger partial charge in [0.05, 0.1) is 11.4 Å². The Bertz CT molecular complexity index is 1300. The van der Waals surface area contributed by atoms with Crippen LogP contribution in [0.4, 0.5) is 11.4 Å². The molecule has 10 nitrogen and oxygen atoms in total. The third-order valence-electron chi connectivity index (χ3n) is 8.55. The lowest BCUT2D eigenvalue weighted by Gasteiger charge is -2.20. The second kappa shape index (κ2) is 17.2. The first kappa shape index (κ1) is 33.6. The molecule has 0 atom stereocenters. The maximum absolute atomic E-state index is 12.6. The summed E-state index contributed by atoms with van der Waals surface area (Å²) in [5, 5.41) is 14.4. The largest absolute Gasteiger partial charge is 0.326 e. The van der Waals surface area contributed by atoms with Crippen LogP contribution in [-0.4, -0.2) is 35.1 Å². The van der Waals surface area contributed by atoms with Crippen molar-refractivity contribution in [2.75, 3.05) is 10.6 Å². The molecule has 10 heteroatoms. The first-order valence-corrected chi connectivity index (χ1v) is 16.3. The normalized spacial score (nSPS) is 16.5. The highest BCUT2D eigenvalue weighted by molar-refractivity contribution is 6.02. The number of hydrazone groups is 2. The van der Waals surface area contributed by atoms with Gasteiger partial charge in [-0.15, -0.1) is 0 Å². The summed E-state index contributed by atoms with van der Waals surface area (Å²) in [5.74, 6) is -0.339. The van der Waals surface area contributed by atoms with Gasteiger partial charge in [0.1, 0.15) is 0 Å². The van der Waals surface area contributed by atoms with Crippen LogP contribution in [0.3, 0.4) is 0 Å². The van der Waals surface area contributed by atoms with Gasteiger partial charge >= 0.3 is 0 Å². The van der Waals surface area contributed by atoms with Crippen LogP contribution in [0, 0.1) is 11.8 Å². The van der Waals surface area contributed by atoms with Crippen molar-refractivity contribution in [3.63, 3.8) is 0 Å². The number of nitrogens with zero attached hydrogens (tertiary/aromatic N) is 2. The lowest BCUT2D eigenvalue weighted by Crippen LogP contribution is -2.24. The number of carbonyl (C=O) groups excluding carboxylic acids is 4. The SMILES string of the molecule is C/C(=N\NC(=O)CCCC(=O)N/N=C(\C)c1cccc(NC(=O)C2CCCCC2)c1)c1cccc(NC(=O)C2CCCCC2)c1. The molecule has 0 heterocycles. The van der Waals surface area contributed by atoms with Gasteiger partial charge in [0.15, 0.2) is 0 Å². The van der Waals surface area contributed by atoms with Gasteiger partial charge in [-0.2, -0.15) is 10.2 Å². The van der Waals surface area contributed by atoms with Crippen molar-refractivity contribution in [3.8, 4) is 0 Å². The molecule has 0 radical (unpaired) electrons. The molecule has 0 aliphatic heterocycles. The van der Waals surface area contributed by atoms with E-state index in [9.17, 15) is 19.2 Å². The minimum Gasteiger partial charge on any atom is -0.326 e. The van der Waals surface area contributed by atoms with Crippen molar-refractivity contribution in [3.05, 3.63) is 59.7 Å². The molecule has 0 bridgehead atoms. The number of rotatable bonds is 12.